The predicted octanol–water partition coefficient (Wildman–Crippen LogP) is 3.74. The normalized spacial score (nSPS) is 10.4. The van der Waals surface area contributed by atoms with Crippen LogP contribution in [0.2, 0.25) is 0 Å². The summed E-state index contributed by atoms with van der Waals surface area (Å²) in [5.41, 5.74) is 1.49. The average Bonchev–Trinajstić information content (AvgIpc) is 2.83. The summed E-state index contributed by atoms with van der Waals surface area (Å²) in [6, 6.07) is 4.86. The van der Waals surface area contributed by atoms with Gasteiger partial charge in [0.25, 0.3) is 0 Å². The van der Waals surface area contributed by atoms with Gasteiger partial charge in [-0.1, -0.05) is 0 Å². The fourth-order valence-corrected chi connectivity index (χ4v) is 2.58. The van der Waals surface area contributed by atoms with E-state index >= 15 is 0 Å². The summed E-state index contributed by atoms with van der Waals surface area (Å²) in [4.78, 5) is 12.8. The molecule has 0 unspecified atom stereocenters. The number of carbonyl (C=O) groups excluding carboxylic acids is 1. The van der Waals surface area contributed by atoms with E-state index in [-0.39, 0.29) is 11.6 Å². The Morgan fingerprint density at radius 1 is 1.22 bits per heavy atom. The minimum atomic E-state index is -0.254. The Kier molecular flexibility index (Phi) is 3.48. The second kappa shape index (κ2) is 4.90. The molecule has 0 bridgehead atoms. The van der Waals surface area contributed by atoms with Crippen LogP contribution in [0.25, 0.3) is 0 Å². The minimum absolute atomic E-state index is 0.102. The van der Waals surface area contributed by atoms with Crippen molar-refractivity contribution in [3.63, 3.8) is 0 Å². The smallest absolute Gasteiger partial charge is 0.203 e. The van der Waals surface area contributed by atoms with Gasteiger partial charge in [-0.2, -0.15) is 0 Å². The number of hydrogen-bond donors (Lipinski definition) is 0. The second-order valence-corrected chi connectivity index (χ2v) is 5.02. The standard InChI is InChI=1S/C14H13FO2S/c1-8-4-10(5-9(2)13(8)15)14(16)12-6-11(17-3)7-18-12/h4-7H,1-3H3. The lowest BCUT2D eigenvalue weighted by Gasteiger charge is -2.04. The van der Waals surface area contributed by atoms with E-state index in [4.69, 9.17) is 4.74 Å². The molecule has 1 aromatic heterocycles. The third-order valence-corrected chi connectivity index (χ3v) is 3.64. The van der Waals surface area contributed by atoms with Crippen molar-refractivity contribution in [2.75, 3.05) is 7.11 Å². The monoisotopic (exact) mass is 264 g/mol. The summed E-state index contributed by atoms with van der Waals surface area (Å²) >= 11 is 1.32. The van der Waals surface area contributed by atoms with Crippen molar-refractivity contribution in [1.82, 2.24) is 0 Å². The first kappa shape index (κ1) is 12.8. The van der Waals surface area contributed by atoms with Gasteiger partial charge in [0.1, 0.15) is 11.6 Å². The number of benzene rings is 1. The Morgan fingerprint density at radius 2 is 1.83 bits per heavy atom. The number of hydrogen-bond acceptors (Lipinski definition) is 3. The fourth-order valence-electron chi connectivity index (χ4n) is 1.76. The Hall–Kier alpha value is -1.68. The quantitative estimate of drug-likeness (QED) is 0.789. The zero-order valence-electron chi connectivity index (χ0n) is 10.4. The summed E-state index contributed by atoms with van der Waals surface area (Å²) in [6.45, 7) is 3.32. The number of rotatable bonds is 3. The van der Waals surface area contributed by atoms with E-state index in [1.807, 2.05) is 0 Å². The van der Waals surface area contributed by atoms with Crippen LogP contribution in [0.4, 0.5) is 4.39 Å². The number of carbonyl (C=O) groups is 1. The SMILES string of the molecule is COc1csc(C(=O)c2cc(C)c(F)c(C)c2)c1. The van der Waals surface area contributed by atoms with E-state index in [1.54, 1.807) is 44.5 Å². The molecule has 0 aliphatic rings. The van der Waals surface area contributed by atoms with E-state index in [0.717, 1.165) is 0 Å². The lowest BCUT2D eigenvalue weighted by Crippen LogP contribution is -2.01. The van der Waals surface area contributed by atoms with Crippen LogP contribution < -0.4 is 4.74 Å². The van der Waals surface area contributed by atoms with E-state index < -0.39 is 0 Å². The molecular weight excluding hydrogens is 251 g/mol. The maximum atomic E-state index is 13.5. The van der Waals surface area contributed by atoms with Crippen LogP contribution in [0.1, 0.15) is 26.4 Å². The van der Waals surface area contributed by atoms with Gasteiger partial charge < -0.3 is 4.74 Å². The highest BCUT2D eigenvalue weighted by Crippen LogP contribution is 2.25. The highest BCUT2D eigenvalue weighted by atomic mass is 32.1. The molecule has 0 atom stereocenters. The predicted molar refractivity (Wildman–Crippen MR) is 70.2 cm³/mol. The first-order valence-corrected chi connectivity index (χ1v) is 6.35. The lowest BCUT2D eigenvalue weighted by atomic mass is 10.0. The van der Waals surface area contributed by atoms with Gasteiger partial charge in [0.2, 0.25) is 5.78 Å². The zero-order valence-corrected chi connectivity index (χ0v) is 11.2. The van der Waals surface area contributed by atoms with Crippen molar-refractivity contribution in [2.24, 2.45) is 0 Å². The number of halogens is 1. The molecule has 0 spiro atoms. The summed E-state index contributed by atoms with van der Waals surface area (Å²) in [5.74, 6) is 0.309. The molecule has 94 valence electrons. The summed E-state index contributed by atoms with van der Waals surface area (Å²) in [5, 5.41) is 1.77. The molecule has 0 aliphatic heterocycles. The van der Waals surface area contributed by atoms with E-state index in [1.165, 1.54) is 11.3 Å². The van der Waals surface area contributed by atoms with Crippen LogP contribution in [0.15, 0.2) is 23.6 Å². The maximum absolute atomic E-state index is 13.5. The average molecular weight is 264 g/mol. The van der Waals surface area contributed by atoms with Gasteiger partial charge in [-0.15, -0.1) is 11.3 Å². The van der Waals surface area contributed by atoms with Crippen LogP contribution in [-0.4, -0.2) is 12.9 Å². The molecule has 0 radical (unpaired) electrons. The molecule has 0 aliphatic carbocycles. The molecule has 4 heteroatoms. The second-order valence-electron chi connectivity index (χ2n) is 4.10. The van der Waals surface area contributed by atoms with Crippen LogP contribution in [-0.2, 0) is 0 Å². The molecule has 0 amide bonds. The van der Waals surface area contributed by atoms with Crippen molar-refractivity contribution in [3.05, 3.63) is 51.0 Å². The highest BCUT2D eigenvalue weighted by Gasteiger charge is 2.14. The van der Waals surface area contributed by atoms with Crippen molar-refractivity contribution in [3.8, 4) is 5.75 Å². The Morgan fingerprint density at radius 3 is 2.33 bits per heavy atom. The summed E-state index contributed by atoms with van der Waals surface area (Å²) in [7, 11) is 1.56. The van der Waals surface area contributed by atoms with Gasteiger partial charge in [-0.3, -0.25) is 4.79 Å². The van der Waals surface area contributed by atoms with E-state index in [0.29, 0.717) is 27.3 Å². The Balaban J connectivity index is 2.40. The van der Waals surface area contributed by atoms with Gasteiger partial charge in [-0.05, 0) is 37.1 Å². The van der Waals surface area contributed by atoms with Crippen molar-refractivity contribution in [2.45, 2.75) is 13.8 Å². The van der Waals surface area contributed by atoms with Crippen LogP contribution in [0, 0.1) is 19.7 Å². The van der Waals surface area contributed by atoms with Gasteiger partial charge in [0, 0.05) is 17.0 Å². The fraction of sp³-hybridized carbons (Fsp3) is 0.214. The van der Waals surface area contributed by atoms with Gasteiger partial charge in [0.15, 0.2) is 0 Å². The molecule has 2 rings (SSSR count). The lowest BCUT2D eigenvalue weighted by molar-refractivity contribution is 0.104. The molecule has 1 heterocycles. The maximum Gasteiger partial charge on any atom is 0.203 e. The first-order chi connectivity index (χ1) is 8.52. The molecule has 2 nitrogen and oxygen atoms in total. The van der Waals surface area contributed by atoms with Crippen molar-refractivity contribution in [1.29, 1.82) is 0 Å². The number of methoxy groups -OCH3 is 1. The Labute approximate surface area is 109 Å². The number of thiophene rings is 1. The molecule has 0 saturated carbocycles. The summed E-state index contributed by atoms with van der Waals surface area (Å²) < 4.78 is 18.6. The van der Waals surface area contributed by atoms with Crippen LogP contribution in [0.3, 0.4) is 0 Å². The zero-order chi connectivity index (χ0) is 13.3. The third-order valence-electron chi connectivity index (χ3n) is 2.73. The molecule has 0 N–H and O–H groups in total. The number of aryl methyl sites for hydroxylation is 2. The molecule has 1 aromatic carbocycles. The summed E-state index contributed by atoms with van der Waals surface area (Å²) in [6.07, 6.45) is 0. The largest absolute Gasteiger partial charge is 0.496 e. The molecular formula is C14H13FO2S. The van der Waals surface area contributed by atoms with Crippen LogP contribution in [0.5, 0.6) is 5.75 Å². The van der Waals surface area contributed by atoms with Crippen molar-refractivity contribution < 1.29 is 13.9 Å². The Bertz CT molecular complexity index is 579. The number of ketones is 1. The molecule has 0 saturated heterocycles. The molecule has 18 heavy (non-hydrogen) atoms. The number of ether oxygens (including phenoxy) is 1. The molecule has 0 fully saturated rings. The van der Waals surface area contributed by atoms with E-state index in [9.17, 15) is 9.18 Å². The van der Waals surface area contributed by atoms with Crippen LogP contribution >= 0.6 is 11.3 Å². The first-order valence-electron chi connectivity index (χ1n) is 5.47. The topological polar surface area (TPSA) is 26.3 Å². The van der Waals surface area contributed by atoms with Crippen molar-refractivity contribution >= 4 is 17.1 Å². The van der Waals surface area contributed by atoms with Gasteiger partial charge >= 0.3 is 0 Å². The van der Waals surface area contributed by atoms with Gasteiger partial charge in [-0.25, -0.2) is 4.39 Å². The molecule has 2 aromatic rings. The van der Waals surface area contributed by atoms with E-state index in [2.05, 4.69) is 0 Å². The minimum Gasteiger partial charge on any atom is -0.496 e. The third kappa shape index (κ3) is 2.29. The van der Waals surface area contributed by atoms with Gasteiger partial charge in [0.05, 0.1) is 12.0 Å². The highest BCUT2D eigenvalue weighted by molar-refractivity contribution is 7.12.